The van der Waals surface area contributed by atoms with Crippen molar-refractivity contribution < 1.29 is 4.79 Å². The van der Waals surface area contributed by atoms with Gasteiger partial charge in [-0.15, -0.1) is 0 Å². The predicted octanol–water partition coefficient (Wildman–Crippen LogP) is 5.60. The van der Waals surface area contributed by atoms with Gasteiger partial charge in [0.15, 0.2) is 5.78 Å². The Morgan fingerprint density at radius 3 is 2.10 bits per heavy atom. The molecule has 0 saturated heterocycles. The molecule has 0 heterocycles. The van der Waals surface area contributed by atoms with E-state index in [1.165, 1.54) is 29.1 Å². The number of hydrogen-bond acceptors (Lipinski definition) is 2. The number of carbonyl (C=O) groups excluding carboxylic acids is 1. The van der Waals surface area contributed by atoms with Gasteiger partial charge in [0.1, 0.15) is 0 Å². The molecule has 108 valence electrons. The monoisotopic (exact) mass is 296 g/mol. The molecule has 0 aromatic heterocycles. The van der Waals surface area contributed by atoms with Crippen molar-refractivity contribution in [1.29, 1.82) is 0 Å². The number of Topliss-reactive ketones (excluding diaryl/α,β-unsaturated/α-hetero) is 1. The first-order valence-corrected chi connectivity index (χ1v) is 8.52. The van der Waals surface area contributed by atoms with Crippen LogP contribution in [0.1, 0.15) is 42.5 Å². The van der Waals surface area contributed by atoms with Crippen molar-refractivity contribution >= 4 is 17.5 Å². The van der Waals surface area contributed by atoms with E-state index in [4.69, 9.17) is 0 Å². The molecule has 0 amide bonds. The second-order valence-electron chi connectivity index (χ2n) is 5.64. The summed E-state index contributed by atoms with van der Waals surface area (Å²) in [7, 11) is 0. The number of ketones is 1. The zero-order valence-corrected chi connectivity index (χ0v) is 12.9. The molecule has 0 N–H and O–H groups in total. The Morgan fingerprint density at radius 1 is 0.810 bits per heavy atom. The Hall–Kier alpha value is -1.54. The minimum absolute atomic E-state index is 0.256. The van der Waals surface area contributed by atoms with Crippen LogP contribution in [-0.2, 0) is 0 Å². The highest BCUT2D eigenvalue weighted by Gasteiger charge is 2.22. The number of carbonyl (C=O) groups is 1. The first-order chi connectivity index (χ1) is 10.3. The Kier molecular flexibility index (Phi) is 4.76. The molecule has 1 aliphatic carbocycles. The summed E-state index contributed by atoms with van der Waals surface area (Å²) in [5.41, 5.74) is 0.874. The molecule has 21 heavy (non-hydrogen) atoms. The van der Waals surface area contributed by atoms with E-state index in [1.807, 2.05) is 30.3 Å². The van der Waals surface area contributed by atoms with E-state index in [1.54, 1.807) is 11.8 Å². The molecule has 0 bridgehead atoms. The van der Waals surface area contributed by atoms with Gasteiger partial charge in [-0.25, -0.2) is 0 Å². The van der Waals surface area contributed by atoms with Gasteiger partial charge < -0.3 is 0 Å². The van der Waals surface area contributed by atoms with Crippen molar-refractivity contribution in [3.8, 4) is 0 Å². The van der Waals surface area contributed by atoms with E-state index in [9.17, 15) is 4.79 Å². The minimum Gasteiger partial charge on any atom is -0.294 e. The van der Waals surface area contributed by atoms with Gasteiger partial charge in [-0.05, 0) is 37.1 Å². The van der Waals surface area contributed by atoms with Crippen molar-refractivity contribution in [1.82, 2.24) is 0 Å². The molecule has 1 saturated carbocycles. The van der Waals surface area contributed by atoms with Crippen LogP contribution in [0.4, 0.5) is 0 Å². The zero-order chi connectivity index (χ0) is 14.5. The molecule has 1 fully saturated rings. The number of hydrogen-bond donors (Lipinski definition) is 0. The van der Waals surface area contributed by atoms with Crippen LogP contribution in [0, 0.1) is 5.92 Å². The molecule has 3 rings (SSSR count). The Morgan fingerprint density at radius 2 is 1.43 bits per heavy atom. The highest BCUT2D eigenvalue weighted by molar-refractivity contribution is 7.99. The van der Waals surface area contributed by atoms with Gasteiger partial charge >= 0.3 is 0 Å². The lowest BCUT2D eigenvalue weighted by Gasteiger charge is -2.20. The average Bonchev–Trinajstić information content (AvgIpc) is 2.57. The van der Waals surface area contributed by atoms with Crippen LogP contribution in [0.25, 0.3) is 0 Å². The molecule has 0 unspecified atom stereocenters. The molecule has 0 radical (unpaired) electrons. The third-order valence-electron chi connectivity index (χ3n) is 4.09. The third kappa shape index (κ3) is 3.76. The smallest absolute Gasteiger partial charge is 0.165 e. The second kappa shape index (κ2) is 6.95. The van der Waals surface area contributed by atoms with E-state index >= 15 is 0 Å². The van der Waals surface area contributed by atoms with Crippen molar-refractivity contribution in [3.05, 3.63) is 60.2 Å². The molecule has 2 aromatic rings. The molecule has 1 nitrogen and oxygen atoms in total. The normalized spacial score (nSPS) is 15.8. The van der Waals surface area contributed by atoms with Crippen LogP contribution < -0.4 is 0 Å². The van der Waals surface area contributed by atoms with E-state index in [0.717, 1.165) is 18.4 Å². The first-order valence-electron chi connectivity index (χ1n) is 7.70. The molecular weight excluding hydrogens is 276 g/mol. The molecule has 0 atom stereocenters. The van der Waals surface area contributed by atoms with Gasteiger partial charge in [-0.1, -0.05) is 61.4 Å². The van der Waals surface area contributed by atoms with Crippen molar-refractivity contribution in [2.75, 3.05) is 0 Å². The van der Waals surface area contributed by atoms with E-state index in [2.05, 4.69) is 24.3 Å². The van der Waals surface area contributed by atoms with Gasteiger partial charge in [-0.3, -0.25) is 4.79 Å². The van der Waals surface area contributed by atoms with E-state index in [-0.39, 0.29) is 5.92 Å². The number of benzene rings is 2. The predicted molar refractivity (Wildman–Crippen MR) is 87.9 cm³/mol. The van der Waals surface area contributed by atoms with E-state index in [0.29, 0.717) is 5.78 Å². The fourth-order valence-electron chi connectivity index (χ4n) is 2.91. The molecule has 0 aliphatic heterocycles. The summed E-state index contributed by atoms with van der Waals surface area (Å²) >= 11 is 1.73. The van der Waals surface area contributed by atoms with Crippen LogP contribution >= 0.6 is 11.8 Å². The fraction of sp³-hybridized carbons (Fsp3) is 0.316. The summed E-state index contributed by atoms with van der Waals surface area (Å²) in [6.45, 7) is 0. The van der Waals surface area contributed by atoms with Gasteiger partial charge in [-0.2, -0.15) is 0 Å². The summed E-state index contributed by atoms with van der Waals surface area (Å²) in [6.07, 6.45) is 5.84. The lowest BCUT2D eigenvalue weighted by atomic mass is 9.84. The number of rotatable bonds is 4. The summed E-state index contributed by atoms with van der Waals surface area (Å²) in [5.74, 6) is 0.595. The van der Waals surface area contributed by atoms with Crippen molar-refractivity contribution in [2.24, 2.45) is 5.92 Å². The van der Waals surface area contributed by atoms with Gasteiger partial charge in [0, 0.05) is 21.3 Å². The summed E-state index contributed by atoms with van der Waals surface area (Å²) in [4.78, 5) is 14.9. The maximum atomic E-state index is 12.5. The summed E-state index contributed by atoms with van der Waals surface area (Å²) in [5, 5.41) is 0. The van der Waals surface area contributed by atoms with Crippen LogP contribution in [0.2, 0.25) is 0 Å². The van der Waals surface area contributed by atoms with Gasteiger partial charge in [0.2, 0.25) is 0 Å². The standard InChI is InChI=1S/C19H20OS/c20-19(15-7-3-1-4-8-15)16-11-13-18(14-12-16)21-17-9-5-2-6-10-17/h2,5-6,9-15H,1,3-4,7-8H2. The molecular formula is C19H20OS. The Labute approximate surface area is 130 Å². The quantitative estimate of drug-likeness (QED) is 0.683. The molecule has 0 spiro atoms. The Bertz CT molecular complexity index is 583. The third-order valence-corrected chi connectivity index (χ3v) is 5.11. The zero-order valence-electron chi connectivity index (χ0n) is 12.1. The van der Waals surface area contributed by atoms with Gasteiger partial charge in [0.25, 0.3) is 0 Å². The minimum atomic E-state index is 0.256. The topological polar surface area (TPSA) is 17.1 Å². The average molecular weight is 296 g/mol. The van der Waals surface area contributed by atoms with E-state index < -0.39 is 0 Å². The second-order valence-corrected chi connectivity index (χ2v) is 6.79. The van der Waals surface area contributed by atoms with Crippen LogP contribution in [0.3, 0.4) is 0 Å². The SMILES string of the molecule is O=C(c1ccc(Sc2ccccc2)cc1)C1CCCCC1. The molecule has 1 aliphatic rings. The summed E-state index contributed by atoms with van der Waals surface area (Å²) in [6, 6.07) is 18.4. The lowest BCUT2D eigenvalue weighted by Crippen LogP contribution is -2.17. The van der Waals surface area contributed by atoms with Crippen LogP contribution in [-0.4, -0.2) is 5.78 Å². The maximum Gasteiger partial charge on any atom is 0.165 e. The highest BCUT2D eigenvalue weighted by atomic mass is 32.2. The van der Waals surface area contributed by atoms with Gasteiger partial charge in [0.05, 0.1) is 0 Å². The largest absolute Gasteiger partial charge is 0.294 e. The lowest BCUT2D eigenvalue weighted by molar-refractivity contribution is 0.0889. The first kappa shape index (κ1) is 14.4. The highest BCUT2D eigenvalue weighted by Crippen LogP contribution is 2.30. The Balaban J connectivity index is 1.67. The molecule has 2 heteroatoms. The summed E-state index contributed by atoms with van der Waals surface area (Å²) < 4.78 is 0. The van der Waals surface area contributed by atoms with Crippen molar-refractivity contribution in [3.63, 3.8) is 0 Å². The molecule has 2 aromatic carbocycles. The maximum absolute atomic E-state index is 12.5. The fourth-order valence-corrected chi connectivity index (χ4v) is 3.75. The van der Waals surface area contributed by atoms with Crippen molar-refractivity contribution in [2.45, 2.75) is 41.9 Å². The van der Waals surface area contributed by atoms with Crippen LogP contribution in [0.15, 0.2) is 64.4 Å². The van der Waals surface area contributed by atoms with Crippen LogP contribution in [0.5, 0.6) is 0 Å².